The predicted molar refractivity (Wildman–Crippen MR) is 96.9 cm³/mol. The monoisotopic (exact) mass is 330 g/mol. The predicted octanol–water partition coefficient (Wildman–Crippen LogP) is 4.00. The average molecular weight is 330 g/mol. The van der Waals surface area contributed by atoms with Crippen molar-refractivity contribution >= 4 is 11.9 Å². The number of hydrogen-bond donors (Lipinski definition) is 1. The SMILES string of the molecule is NC(=O)N(C(=O)c1ccccc1)C(c1ccccc1)c1ccccc1. The lowest BCUT2D eigenvalue weighted by Gasteiger charge is -2.29. The maximum Gasteiger partial charge on any atom is 0.322 e. The Morgan fingerprint density at radius 3 is 1.48 bits per heavy atom. The van der Waals surface area contributed by atoms with Gasteiger partial charge in [0.2, 0.25) is 0 Å². The molecule has 3 rings (SSSR count). The first-order valence-corrected chi connectivity index (χ1v) is 7.96. The van der Waals surface area contributed by atoms with E-state index in [9.17, 15) is 9.59 Å². The van der Waals surface area contributed by atoms with E-state index in [2.05, 4.69) is 0 Å². The number of nitrogens with zero attached hydrogens (tertiary/aromatic N) is 1. The van der Waals surface area contributed by atoms with Gasteiger partial charge < -0.3 is 5.73 Å². The molecule has 0 radical (unpaired) electrons. The second-order valence-electron chi connectivity index (χ2n) is 5.60. The van der Waals surface area contributed by atoms with Gasteiger partial charge in [0, 0.05) is 5.56 Å². The highest BCUT2D eigenvalue weighted by molar-refractivity contribution is 6.04. The summed E-state index contributed by atoms with van der Waals surface area (Å²) >= 11 is 0. The van der Waals surface area contributed by atoms with Crippen LogP contribution in [0.4, 0.5) is 4.79 Å². The van der Waals surface area contributed by atoms with Crippen molar-refractivity contribution in [2.24, 2.45) is 5.73 Å². The molecule has 0 unspecified atom stereocenters. The Labute approximate surface area is 146 Å². The number of carbonyl (C=O) groups excluding carboxylic acids is 2. The molecule has 0 saturated carbocycles. The van der Waals surface area contributed by atoms with Crippen LogP contribution in [0.25, 0.3) is 0 Å². The van der Waals surface area contributed by atoms with E-state index >= 15 is 0 Å². The van der Waals surface area contributed by atoms with E-state index in [0.29, 0.717) is 5.56 Å². The molecule has 0 spiro atoms. The first-order valence-electron chi connectivity index (χ1n) is 7.96. The first kappa shape index (κ1) is 16.5. The molecule has 4 heteroatoms. The summed E-state index contributed by atoms with van der Waals surface area (Å²) in [5.41, 5.74) is 7.66. The van der Waals surface area contributed by atoms with Gasteiger partial charge in [0.05, 0.1) is 6.04 Å². The number of benzene rings is 3. The Kier molecular flexibility index (Phi) is 4.90. The van der Waals surface area contributed by atoms with Crippen molar-refractivity contribution < 1.29 is 9.59 Å². The molecule has 3 amide bonds. The lowest BCUT2D eigenvalue weighted by Crippen LogP contribution is -2.43. The Balaban J connectivity index is 2.12. The molecular formula is C21H18N2O2. The van der Waals surface area contributed by atoms with Crippen molar-refractivity contribution in [2.75, 3.05) is 0 Å². The number of rotatable bonds is 4. The molecule has 3 aromatic rings. The Hall–Kier alpha value is -3.40. The van der Waals surface area contributed by atoms with E-state index < -0.39 is 18.0 Å². The van der Waals surface area contributed by atoms with Crippen LogP contribution in [0.15, 0.2) is 91.0 Å². The second kappa shape index (κ2) is 7.45. The van der Waals surface area contributed by atoms with Crippen molar-refractivity contribution in [1.29, 1.82) is 0 Å². The Bertz CT molecular complexity index is 809. The summed E-state index contributed by atoms with van der Waals surface area (Å²) in [5, 5.41) is 0. The fourth-order valence-corrected chi connectivity index (χ4v) is 2.83. The molecule has 124 valence electrons. The first-order chi connectivity index (χ1) is 12.2. The van der Waals surface area contributed by atoms with E-state index in [1.807, 2.05) is 66.7 Å². The van der Waals surface area contributed by atoms with Crippen LogP contribution in [-0.4, -0.2) is 16.8 Å². The number of amides is 3. The summed E-state index contributed by atoms with van der Waals surface area (Å²) in [4.78, 5) is 26.3. The van der Waals surface area contributed by atoms with Gasteiger partial charge in [0.1, 0.15) is 0 Å². The minimum Gasteiger partial charge on any atom is -0.351 e. The van der Waals surface area contributed by atoms with E-state index in [-0.39, 0.29) is 0 Å². The molecule has 25 heavy (non-hydrogen) atoms. The molecule has 2 N–H and O–H groups in total. The van der Waals surface area contributed by atoms with Gasteiger partial charge in [-0.1, -0.05) is 78.9 Å². The van der Waals surface area contributed by atoms with E-state index in [1.165, 1.54) is 0 Å². The van der Waals surface area contributed by atoms with E-state index in [0.717, 1.165) is 16.0 Å². The minimum absolute atomic E-state index is 0.415. The smallest absolute Gasteiger partial charge is 0.322 e. The highest BCUT2D eigenvalue weighted by atomic mass is 16.2. The van der Waals surface area contributed by atoms with Crippen LogP contribution in [0, 0.1) is 0 Å². The lowest BCUT2D eigenvalue weighted by molar-refractivity contribution is 0.0772. The largest absolute Gasteiger partial charge is 0.351 e. The Morgan fingerprint density at radius 1 is 0.680 bits per heavy atom. The number of nitrogens with two attached hydrogens (primary N) is 1. The highest BCUT2D eigenvalue weighted by Gasteiger charge is 2.31. The normalized spacial score (nSPS) is 10.4. The molecule has 0 aliphatic heterocycles. The molecule has 0 aromatic heterocycles. The van der Waals surface area contributed by atoms with Crippen molar-refractivity contribution in [2.45, 2.75) is 6.04 Å². The minimum atomic E-state index is -0.786. The van der Waals surface area contributed by atoms with Crippen molar-refractivity contribution in [1.82, 2.24) is 4.90 Å². The van der Waals surface area contributed by atoms with Crippen molar-refractivity contribution in [3.63, 3.8) is 0 Å². The van der Waals surface area contributed by atoms with Crippen molar-refractivity contribution in [3.8, 4) is 0 Å². The van der Waals surface area contributed by atoms with E-state index in [4.69, 9.17) is 5.73 Å². The van der Waals surface area contributed by atoms with Gasteiger partial charge in [0.25, 0.3) is 5.91 Å². The molecule has 0 aliphatic carbocycles. The van der Waals surface area contributed by atoms with Gasteiger partial charge in [-0.2, -0.15) is 0 Å². The fraction of sp³-hybridized carbons (Fsp3) is 0.0476. The summed E-state index contributed by atoms with van der Waals surface area (Å²) in [6.07, 6.45) is 0. The van der Waals surface area contributed by atoms with Crippen LogP contribution in [0.2, 0.25) is 0 Å². The maximum atomic E-state index is 13.0. The molecule has 0 bridgehead atoms. The number of imide groups is 1. The van der Waals surface area contributed by atoms with Gasteiger partial charge in [-0.3, -0.25) is 4.79 Å². The zero-order valence-electron chi connectivity index (χ0n) is 13.6. The molecular weight excluding hydrogens is 312 g/mol. The van der Waals surface area contributed by atoms with E-state index in [1.54, 1.807) is 24.3 Å². The lowest BCUT2D eigenvalue weighted by atomic mass is 9.96. The summed E-state index contributed by atoms with van der Waals surface area (Å²) in [5.74, 6) is -0.425. The molecule has 0 atom stereocenters. The number of hydrogen-bond acceptors (Lipinski definition) is 2. The molecule has 0 fully saturated rings. The topological polar surface area (TPSA) is 63.4 Å². The molecule has 0 saturated heterocycles. The second-order valence-corrected chi connectivity index (χ2v) is 5.60. The highest BCUT2D eigenvalue weighted by Crippen LogP contribution is 2.29. The van der Waals surface area contributed by atoms with Crippen LogP contribution in [0.5, 0.6) is 0 Å². The number of carbonyl (C=O) groups is 2. The van der Waals surface area contributed by atoms with Crippen LogP contribution < -0.4 is 5.73 Å². The number of urea groups is 1. The van der Waals surface area contributed by atoms with Gasteiger partial charge in [-0.25, -0.2) is 9.69 Å². The summed E-state index contributed by atoms with van der Waals surface area (Å²) in [7, 11) is 0. The third kappa shape index (κ3) is 3.58. The van der Waals surface area contributed by atoms with Gasteiger partial charge in [0.15, 0.2) is 0 Å². The fourth-order valence-electron chi connectivity index (χ4n) is 2.83. The van der Waals surface area contributed by atoms with Crippen LogP contribution in [0.1, 0.15) is 27.5 Å². The van der Waals surface area contributed by atoms with Crippen LogP contribution in [-0.2, 0) is 0 Å². The summed E-state index contributed by atoms with van der Waals surface area (Å²) < 4.78 is 0. The maximum absolute atomic E-state index is 13.0. The number of primary amides is 1. The zero-order valence-corrected chi connectivity index (χ0v) is 13.6. The molecule has 0 heterocycles. The third-order valence-corrected chi connectivity index (χ3v) is 3.97. The Morgan fingerprint density at radius 2 is 1.08 bits per heavy atom. The van der Waals surface area contributed by atoms with Crippen LogP contribution in [0.3, 0.4) is 0 Å². The average Bonchev–Trinajstić information content (AvgIpc) is 2.67. The summed E-state index contributed by atoms with van der Waals surface area (Å²) in [6, 6.07) is 26.1. The van der Waals surface area contributed by atoms with Crippen molar-refractivity contribution in [3.05, 3.63) is 108 Å². The summed E-state index contributed by atoms with van der Waals surface area (Å²) in [6.45, 7) is 0. The zero-order chi connectivity index (χ0) is 17.6. The van der Waals surface area contributed by atoms with Gasteiger partial charge >= 0.3 is 6.03 Å². The molecule has 4 nitrogen and oxygen atoms in total. The molecule has 0 aliphatic rings. The molecule has 3 aromatic carbocycles. The quantitative estimate of drug-likeness (QED) is 0.786. The van der Waals surface area contributed by atoms with Gasteiger partial charge in [-0.15, -0.1) is 0 Å². The van der Waals surface area contributed by atoms with Gasteiger partial charge in [-0.05, 0) is 23.3 Å². The third-order valence-electron chi connectivity index (χ3n) is 3.97. The van der Waals surface area contributed by atoms with Crippen LogP contribution >= 0.6 is 0 Å². The standard InChI is InChI=1S/C21H18N2O2/c22-21(25)23(20(24)18-14-8-3-9-15-18)19(16-10-4-1-5-11-16)17-12-6-2-7-13-17/h1-15,19H,(H2,22,25).